The number of benzene rings is 1. The molecule has 1 aromatic carbocycles. The number of imide groups is 1. The van der Waals surface area contributed by atoms with Gasteiger partial charge in [-0.3, -0.25) is 29.8 Å². The molecule has 0 aliphatic carbocycles. The maximum atomic E-state index is 12.7. The molecule has 2 aromatic rings. The first-order valence-corrected chi connectivity index (χ1v) is 9.62. The van der Waals surface area contributed by atoms with Crippen LogP contribution in [0.3, 0.4) is 0 Å². The van der Waals surface area contributed by atoms with Crippen LogP contribution in [0.4, 0.5) is 5.95 Å². The number of hydrogen-bond donors (Lipinski definition) is 3. The number of anilines is 1. The fraction of sp³-hybridized carbons (Fsp3) is 0.300. The molecule has 4 amide bonds. The van der Waals surface area contributed by atoms with E-state index >= 15 is 0 Å². The van der Waals surface area contributed by atoms with E-state index < -0.39 is 17.9 Å². The molecule has 3 heterocycles. The van der Waals surface area contributed by atoms with Gasteiger partial charge in [-0.2, -0.15) is 4.98 Å². The molecule has 0 bridgehead atoms. The van der Waals surface area contributed by atoms with Crippen molar-refractivity contribution >= 4 is 29.6 Å². The fourth-order valence-corrected chi connectivity index (χ4v) is 3.52. The number of hydrogen-bond acceptors (Lipinski definition) is 8. The molecule has 1 atom stereocenters. The lowest BCUT2D eigenvalue weighted by Gasteiger charge is -2.29. The van der Waals surface area contributed by atoms with E-state index in [-0.39, 0.29) is 56.2 Å². The van der Waals surface area contributed by atoms with Crippen LogP contribution < -0.4 is 15.4 Å². The quantitative estimate of drug-likeness (QED) is 0.541. The number of rotatable bonds is 6. The first-order chi connectivity index (χ1) is 15.0. The van der Waals surface area contributed by atoms with Crippen LogP contribution in [0.1, 0.15) is 39.1 Å². The molecule has 0 saturated carbocycles. The summed E-state index contributed by atoms with van der Waals surface area (Å²) in [6.45, 7) is 0.0604. The Labute approximate surface area is 176 Å². The highest BCUT2D eigenvalue weighted by atomic mass is 16.5. The predicted molar refractivity (Wildman–Crippen MR) is 105 cm³/mol. The summed E-state index contributed by atoms with van der Waals surface area (Å²) in [4.78, 5) is 58.3. The van der Waals surface area contributed by atoms with E-state index in [2.05, 4.69) is 20.6 Å². The smallest absolute Gasteiger partial charge is 0.258 e. The number of carbonyl (C=O) groups is 4. The van der Waals surface area contributed by atoms with Gasteiger partial charge < -0.3 is 14.7 Å². The Morgan fingerprint density at radius 1 is 1.29 bits per heavy atom. The molecule has 1 unspecified atom stereocenters. The number of fused-ring (bicyclic) bond motifs is 1. The summed E-state index contributed by atoms with van der Waals surface area (Å²) in [7, 11) is 0. The van der Waals surface area contributed by atoms with Crippen LogP contribution >= 0.6 is 0 Å². The van der Waals surface area contributed by atoms with Gasteiger partial charge in [0.15, 0.2) is 0 Å². The number of nitrogens with one attached hydrogen (secondary N) is 2. The molecule has 3 N–H and O–H groups in total. The Morgan fingerprint density at radius 3 is 2.90 bits per heavy atom. The van der Waals surface area contributed by atoms with Gasteiger partial charge in [0.25, 0.3) is 11.8 Å². The second-order valence-electron chi connectivity index (χ2n) is 7.02. The molecule has 11 nitrogen and oxygen atoms in total. The summed E-state index contributed by atoms with van der Waals surface area (Å²) in [6, 6.07) is 5.41. The molecule has 2 aliphatic heterocycles. The number of nitrogens with zero attached hydrogens (tertiary/aromatic N) is 3. The van der Waals surface area contributed by atoms with E-state index in [0.29, 0.717) is 16.7 Å². The van der Waals surface area contributed by atoms with Crippen molar-refractivity contribution in [3.05, 3.63) is 47.2 Å². The summed E-state index contributed by atoms with van der Waals surface area (Å²) >= 11 is 0. The van der Waals surface area contributed by atoms with Crippen LogP contribution in [0.25, 0.3) is 0 Å². The number of amides is 4. The summed E-state index contributed by atoms with van der Waals surface area (Å²) in [5, 5.41) is 13.6. The lowest BCUT2D eigenvalue weighted by molar-refractivity contribution is -0.136. The average molecular weight is 425 g/mol. The van der Waals surface area contributed by atoms with Crippen molar-refractivity contribution in [3.63, 3.8) is 0 Å². The molecule has 1 saturated heterocycles. The van der Waals surface area contributed by atoms with Gasteiger partial charge in [-0.05, 0) is 30.2 Å². The molecular formula is C20H19N5O6. The second-order valence-corrected chi connectivity index (χ2v) is 7.02. The third-order valence-corrected chi connectivity index (χ3v) is 4.98. The van der Waals surface area contributed by atoms with E-state index in [1.165, 1.54) is 23.2 Å². The van der Waals surface area contributed by atoms with E-state index in [9.17, 15) is 19.2 Å². The molecule has 1 aromatic heterocycles. The molecule has 0 spiro atoms. The summed E-state index contributed by atoms with van der Waals surface area (Å²) in [5.41, 5.74) is 1.32. The van der Waals surface area contributed by atoms with Crippen LogP contribution in [0, 0.1) is 0 Å². The van der Waals surface area contributed by atoms with Crippen molar-refractivity contribution in [3.8, 4) is 5.88 Å². The molecule has 31 heavy (non-hydrogen) atoms. The van der Waals surface area contributed by atoms with Gasteiger partial charge in [-0.1, -0.05) is 0 Å². The Kier molecular flexibility index (Phi) is 5.58. The van der Waals surface area contributed by atoms with Gasteiger partial charge in [-0.25, -0.2) is 4.98 Å². The third kappa shape index (κ3) is 4.21. The topological polar surface area (TPSA) is 151 Å². The van der Waals surface area contributed by atoms with Gasteiger partial charge in [0, 0.05) is 36.4 Å². The van der Waals surface area contributed by atoms with E-state index in [0.717, 1.165) is 0 Å². The third-order valence-electron chi connectivity index (χ3n) is 4.98. The monoisotopic (exact) mass is 425 g/mol. The molecule has 0 radical (unpaired) electrons. The minimum Gasteiger partial charge on any atom is -0.475 e. The van der Waals surface area contributed by atoms with Crippen LogP contribution in [-0.4, -0.2) is 62.9 Å². The number of aliphatic hydroxyl groups excluding tert-OH is 1. The Bertz CT molecular complexity index is 1070. The van der Waals surface area contributed by atoms with Crippen LogP contribution in [0.15, 0.2) is 30.5 Å². The van der Waals surface area contributed by atoms with Crippen molar-refractivity contribution in [1.82, 2.24) is 20.2 Å². The first-order valence-electron chi connectivity index (χ1n) is 9.62. The van der Waals surface area contributed by atoms with Gasteiger partial charge in [0.2, 0.25) is 23.6 Å². The highest BCUT2D eigenvalue weighted by molar-refractivity contribution is 6.07. The SMILES string of the molecule is O=C1CCC(N2Cc3cc(C(=O)Nc4nccc(OCCO)n4)ccc3C2=O)C(=O)N1. The normalized spacial score (nSPS) is 17.9. The zero-order chi connectivity index (χ0) is 22.0. The number of aromatic nitrogens is 2. The largest absolute Gasteiger partial charge is 0.475 e. The van der Waals surface area contributed by atoms with Crippen LogP contribution in [0.5, 0.6) is 5.88 Å². The van der Waals surface area contributed by atoms with Crippen LogP contribution in [-0.2, 0) is 16.1 Å². The highest BCUT2D eigenvalue weighted by Gasteiger charge is 2.39. The Morgan fingerprint density at radius 2 is 2.13 bits per heavy atom. The molecule has 2 aliphatic rings. The molecular weight excluding hydrogens is 406 g/mol. The standard InChI is InChI=1S/C20H19N5O6/c26-7-8-31-16-5-6-21-20(23-16)24-17(28)11-1-2-13-12(9-11)10-25(19(13)30)14-3-4-15(27)22-18(14)29/h1-2,5-6,9,14,26H,3-4,7-8,10H2,(H,22,27,29)(H,21,23,24,28). The molecule has 4 rings (SSSR count). The van der Waals surface area contributed by atoms with Crippen molar-refractivity contribution in [2.45, 2.75) is 25.4 Å². The Balaban J connectivity index is 1.47. The highest BCUT2D eigenvalue weighted by Crippen LogP contribution is 2.28. The number of piperidine rings is 1. The minimum atomic E-state index is -0.718. The second kappa shape index (κ2) is 8.48. The zero-order valence-corrected chi connectivity index (χ0v) is 16.3. The predicted octanol–water partition coefficient (Wildman–Crippen LogP) is -0.139. The van der Waals surface area contributed by atoms with Crippen LogP contribution in [0.2, 0.25) is 0 Å². The van der Waals surface area contributed by atoms with Crippen molar-refractivity contribution < 1.29 is 29.0 Å². The molecule has 11 heteroatoms. The Hall–Kier alpha value is -3.86. The lowest BCUT2D eigenvalue weighted by Crippen LogP contribution is -2.52. The van der Waals surface area contributed by atoms with Crippen molar-refractivity contribution in [2.24, 2.45) is 0 Å². The number of carbonyl (C=O) groups excluding carboxylic acids is 4. The summed E-state index contributed by atoms with van der Waals surface area (Å²) in [5.74, 6) is -1.39. The molecule has 160 valence electrons. The first kappa shape index (κ1) is 20.4. The maximum Gasteiger partial charge on any atom is 0.258 e. The number of aliphatic hydroxyl groups is 1. The zero-order valence-electron chi connectivity index (χ0n) is 16.3. The van der Waals surface area contributed by atoms with E-state index in [1.54, 1.807) is 12.1 Å². The maximum absolute atomic E-state index is 12.7. The fourth-order valence-electron chi connectivity index (χ4n) is 3.52. The van der Waals surface area contributed by atoms with Gasteiger partial charge in [0.1, 0.15) is 12.6 Å². The number of ether oxygens (including phenoxy) is 1. The summed E-state index contributed by atoms with van der Waals surface area (Å²) < 4.78 is 5.19. The van der Waals surface area contributed by atoms with E-state index in [4.69, 9.17) is 9.84 Å². The van der Waals surface area contributed by atoms with Gasteiger partial charge >= 0.3 is 0 Å². The molecule has 1 fully saturated rings. The van der Waals surface area contributed by atoms with Gasteiger partial charge in [-0.15, -0.1) is 0 Å². The van der Waals surface area contributed by atoms with Gasteiger partial charge in [0.05, 0.1) is 6.61 Å². The summed E-state index contributed by atoms with van der Waals surface area (Å²) in [6.07, 6.45) is 1.85. The van der Waals surface area contributed by atoms with Crippen molar-refractivity contribution in [1.29, 1.82) is 0 Å². The van der Waals surface area contributed by atoms with E-state index in [1.807, 2.05) is 0 Å². The minimum absolute atomic E-state index is 0.0298. The van der Waals surface area contributed by atoms with Crippen molar-refractivity contribution in [2.75, 3.05) is 18.5 Å². The lowest BCUT2D eigenvalue weighted by atomic mass is 10.0. The average Bonchev–Trinajstić information content (AvgIpc) is 3.08.